The van der Waals surface area contributed by atoms with Gasteiger partial charge in [-0.15, -0.1) is 0 Å². The zero-order valence-electron chi connectivity index (χ0n) is 19.1. The van der Waals surface area contributed by atoms with Crippen molar-refractivity contribution in [3.8, 4) is 16.9 Å². The highest BCUT2D eigenvalue weighted by Crippen LogP contribution is 2.32. The predicted molar refractivity (Wildman–Crippen MR) is 124 cm³/mol. The van der Waals surface area contributed by atoms with Gasteiger partial charge in [0.1, 0.15) is 5.69 Å². The molecular formula is C24H19F5N6O2. The fourth-order valence-electron chi connectivity index (χ4n) is 3.66. The van der Waals surface area contributed by atoms with Gasteiger partial charge in [0.25, 0.3) is 11.5 Å². The maximum absolute atomic E-state index is 13.2. The lowest BCUT2D eigenvalue weighted by molar-refractivity contribution is -0.137. The fraction of sp³-hybridized carbons (Fsp3) is 0.167. The second-order valence-corrected chi connectivity index (χ2v) is 8.04. The second kappa shape index (κ2) is 9.84. The van der Waals surface area contributed by atoms with Gasteiger partial charge in [-0.05, 0) is 55.0 Å². The van der Waals surface area contributed by atoms with Gasteiger partial charge in [-0.1, -0.05) is 12.1 Å². The van der Waals surface area contributed by atoms with Crippen LogP contribution in [-0.4, -0.2) is 25.5 Å². The van der Waals surface area contributed by atoms with Crippen LogP contribution >= 0.6 is 0 Å². The molecule has 4 aromatic rings. The highest BCUT2D eigenvalue weighted by molar-refractivity contribution is 5.92. The second-order valence-electron chi connectivity index (χ2n) is 8.04. The van der Waals surface area contributed by atoms with Crippen molar-refractivity contribution in [2.45, 2.75) is 25.7 Å². The van der Waals surface area contributed by atoms with E-state index in [1.165, 1.54) is 43.5 Å². The molecule has 0 saturated heterocycles. The highest BCUT2D eigenvalue weighted by atomic mass is 19.4. The first-order valence-electron chi connectivity index (χ1n) is 10.8. The number of nitrogens with two attached hydrogens (primary N) is 1. The molecule has 0 radical (unpaired) electrons. The van der Waals surface area contributed by atoms with E-state index in [9.17, 15) is 31.5 Å². The first-order chi connectivity index (χ1) is 17.4. The molecule has 2 aromatic carbocycles. The molecule has 2 heterocycles. The Morgan fingerprint density at radius 1 is 1.05 bits per heavy atom. The smallest absolute Gasteiger partial charge is 0.399 e. The van der Waals surface area contributed by atoms with Crippen molar-refractivity contribution >= 4 is 11.6 Å². The first-order valence-corrected chi connectivity index (χ1v) is 10.8. The molecule has 0 aliphatic heterocycles. The molecule has 1 amide bonds. The van der Waals surface area contributed by atoms with Crippen LogP contribution < -0.4 is 16.6 Å². The monoisotopic (exact) mass is 518 g/mol. The normalized spacial score (nSPS) is 12.5. The molecule has 0 aliphatic rings. The van der Waals surface area contributed by atoms with Crippen LogP contribution in [0.4, 0.5) is 27.6 Å². The van der Waals surface area contributed by atoms with E-state index in [4.69, 9.17) is 5.73 Å². The maximum atomic E-state index is 13.2. The predicted octanol–water partition coefficient (Wildman–Crippen LogP) is 4.58. The SMILES string of the molecule is C[C@@H](NC(=O)c1ccc(=O)n(-c2cccc(-c3ccnn3C(F)F)c2)n1)c1cc(N)cc(C(F)(F)F)c1. The molecule has 1 atom stereocenters. The van der Waals surface area contributed by atoms with E-state index >= 15 is 0 Å². The number of rotatable bonds is 6. The van der Waals surface area contributed by atoms with Crippen molar-refractivity contribution in [3.63, 3.8) is 0 Å². The summed E-state index contributed by atoms with van der Waals surface area (Å²) in [7, 11) is 0. The molecule has 0 spiro atoms. The molecule has 0 unspecified atom stereocenters. The van der Waals surface area contributed by atoms with Gasteiger partial charge < -0.3 is 11.1 Å². The van der Waals surface area contributed by atoms with E-state index in [0.29, 0.717) is 10.2 Å². The Hall–Kier alpha value is -4.55. The largest absolute Gasteiger partial charge is 0.416 e. The summed E-state index contributed by atoms with van der Waals surface area (Å²) in [5.74, 6) is -0.760. The van der Waals surface area contributed by atoms with E-state index in [0.717, 1.165) is 28.9 Å². The summed E-state index contributed by atoms with van der Waals surface area (Å²) in [5.41, 5.74) is 4.47. The number of benzene rings is 2. The minimum atomic E-state index is -4.62. The lowest BCUT2D eigenvalue weighted by Crippen LogP contribution is -2.30. The number of hydrogen-bond donors (Lipinski definition) is 2. The van der Waals surface area contributed by atoms with Crippen LogP contribution in [0.15, 0.2) is 71.7 Å². The number of carbonyl (C=O) groups is 1. The number of anilines is 1. The van der Waals surface area contributed by atoms with Gasteiger partial charge in [-0.2, -0.15) is 36.8 Å². The Morgan fingerprint density at radius 2 is 1.81 bits per heavy atom. The summed E-state index contributed by atoms with van der Waals surface area (Å²) >= 11 is 0. The molecule has 0 saturated carbocycles. The summed E-state index contributed by atoms with van der Waals surface area (Å²) in [4.78, 5) is 25.3. The van der Waals surface area contributed by atoms with Crippen LogP contribution in [-0.2, 0) is 6.18 Å². The summed E-state index contributed by atoms with van der Waals surface area (Å²) in [6.45, 7) is -1.41. The van der Waals surface area contributed by atoms with Crippen molar-refractivity contribution in [1.29, 1.82) is 0 Å². The van der Waals surface area contributed by atoms with Crippen molar-refractivity contribution < 1.29 is 26.7 Å². The quantitative estimate of drug-likeness (QED) is 0.287. The Labute approximate surface area is 206 Å². The van der Waals surface area contributed by atoms with Crippen molar-refractivity contribution in [1.82, 2.24) is 24.9 Å². The average molecular weight is 518 g/mol. The van der Waals surface area contributed by atoms with Gasteiger partial charge in [-0.3, -0.25) is 9.59 Å². The molecule has 4 rings (SSSR count). The van der Waals surface area contributed by atoms with Crippen molar-refractivity contribution in [2.24, 2.45) is 0 Å². The molecular weight excluding hydrogens is 499 g/mol. The molecule has 8 nitrogen and oxygen atoms in total. The van der Waals surface area contributed by atoms with Gasteiger partial charge in [0.2, 0.25) is 0 Å². The Balaban J connectivity index is 1.62. The number of carbonyl (C=O) groups excluding carboxylic acids is 1. The summed E-state index contributed by atoms with van der Waals surface area (Å²) in [6.07, 6.45) is -3.41. The van der Waals surface area contributed by atoms with Gasteiger partial charge in [0, 0.05) is 23.5 Å². The number of nitrogens with zero attached hydrogens (tertiary/aromatic N) is 4. The van der Waals surface area contributed by atoms with Crippen LogP contribution in [0, 0.1) is 0 Å². The molecule has 0 fully saturated rings. The standard InChI is InChI=1S/C24H19F5N6O2/c1-13(15-9-16(24(27,28)29)12-17(30)10-15)32-22(37)19-5-6-21(36)34(33-19)18-4-2-3-14(11-18)20-7-8-31-35(20)23(25)26/h2-13,23H,30H2,1H3,(H,32,37)/t13-/m1/s1. The van der Waals surface area contributed by atoms with Gasteiger partial charge in [0.05, 0.1) is 23.0 Å². The summed E-state index contributed by atoms with van der Waals surface area (Å²) in [5, 5.41) is 10.2. The van der Waals surface area contributed by atoms with Gasteiger partial charge >= 0.3 is 12.7 Å². The van der Waals surface area contributed by atoms with Gasteiger partial charge in [-0.25, -0.2) is 4.68 Å². The van der Waals surface area contributed by atoms with E-state index < -0.39 is 35.8 Å². The summed E-state index contributed by atoms with van der Waals surface area (Å²) < 4.78 is 67.3. The van der Waals surface area contributed by atoms with Crippen molar-refractivity contribution in [3.05, 3.63) is 94.0 Å². The third kappa shape index (κ3) is 5.50. The number of aromatic nitrogens is 4. The van der Waals surface area contributed by atoms with E-state index in [1.807, 2.05) is 0 Å². The summed E-state index contributed by atoms with van der Waals surface area (Å²) in [6, 6.07) is 11.7. The lowest BCUT2D eigenvalue weighted by atomic mass is 10.0. The van der Waals surface area contributed by atoms with Crippen LogP contribution in [0.25, 0.3) is 16.9 Å². The Bertz CT molecular complexity index is 1510. The zero-order valence-corrected chi connectivity index (χ0v) is 19.1. The Kier molecular flexibility index (Phi) is 6.79. The zero-order chi connectivity index (χ0) is 26.9. The topological polar surface area (TPSA) is 108 Å². The number of halogens is 5. The molecule has 3 N–H and O–H groups in total. The fourth-order valence-corrected chi connectivity index (χ4v) is 3.66. The average Bonchev–Trinajstić information content (AvgIpc) is 3.34. The number of amides is 1. The van der Waals surface area contributed by atoms with Crippen molar-refractivity contribution in [2.75, 3.05) is 5.73 Å². The molecule has 0 bridgehead atoms. The Morgan fingerprint density at radius 3 is 2.51 bits per heavy atom. The van der Waals surface area contributed by atoms with Crippen LogP contribution in [0.1, 0.15) is 41.1 Å². The van der Waals surface area contributed by atoms with E-state index in [1.54, 1.807) is 6.07 Å². The number of nitrogen functional groups attached to an aromatic ring is 1. The molecule has 192 valence electrons. The van der Waals surface area contributed by atoms with Crippen LogP contribution in [0.2, 0.25) is 0 Å². The van der Waals surface area contributed by atoms with E-state index in [2.05, 4.69) is 15.5 Å². The lowest BCUT2D eigenvalue weighted by Gasteiger charge is -2.17. The molecule has 2 aromatic heterocycles. The van der Waals surface area contributed by atoms with E-state index in [-0.39, 0.29) is 28.3 Å². The highest BCUT2D eigenvalue weighted by Gasteiger charge is 2.31. The maximum Gasteiger partial charge on any atom is 0.416 e. The molecule has 13 heteroatoms. The first kappa shape index (κ1) is 25.5. The third-order valence-corrected chi connectivity index (χ3v) is 5.43. The third-order valence-electron chi connectivity index (χ3n) is 5.43. The number of alkyl halides is 5. The minimum absolute atomic E-state index is 0.105. The number of hydrogen-bond acceptors (Lipinski definition) is 5. The van der Waals surface area contributed by atoms with Crippen LogP contribution in [0.5, 0.6) is 0 Å². The molecule has 0 aliphatic carbocycles. The van der Waals surface area contributed by atoms with Gasteiger partial charge in [0.15, 0.2) is 0 Å². The van der Waals surface area contributed by atoms with Crippen LogP contribution in [0.3, 0.4) is 0 Å². The number of nitrogens with one attached hydrogen (secondary N) is 1. The molecule has 37 heavy (non-hydrogen) atoms. The minimum Gasteiger partial charge on any atom is -0.399 e.